The van der Waals surface area contributed by atoms with E-state index in [1.807, 2.05) is 6.07 Å². The summed E-state index contributed by atoms with van der Waals surface area (Å²) in [5.74, 6) is -0.159. The Kier molecular flexibility index (Phi) is 4.38. The number of nitrogens with two attached hydrogens (primary N) is 1. The normalized spacial score (nSPS) is 18.5. The van der Waals surface area contributed by atoms with Crippen LogP contribution in [0.5, 0.6) is 0 Å². The molecule has 0 aromatic heterocycles. The van der Waals surface area contributed by atoms with Crippen LogP contribution in [0.3, 0.4) is 0 Å². The molecule has 3 rings (SSSR count). The van der Waals surface area contributed by atoms with Crippen LogP contribution in [0.1, 0.15) is 16.7 Å². The lowest BCUT2D eigenvalue weighted by molar-refractivity contribution is 0.165. The summed E-state index contributed by atoms with van der Waals surface area (Å²) in [6, 6.07) is 13.8. The Morgan fingerprint density at radius 2 is 1.95 bits per heavy atom. The summed E-state index contributed by atoms with van der Waals surface area (Å²) in [5, 5.41) is 0. The minimum atomic E-state index is -0.159. The molecule has 0 saturated heterocycles. The standard InChI is InChI=1S/C17H18BrFN2/c18-15-5-6-17(19)14(7-15)11-21-10-13-4-2-1-3-12(13)8-16(21)9-20/h1-7,16H,8-11,20H2. The Labute approximate surface area is 132 Å². The first-order valence-electron chi connectivity index (χ1n) is 7.12. The van der Waals surface area contributed by atoms with Crippen LogP contribution < -0.4 is 5.73 Å². The topological polar surface area (TPSA) is 29.3 Å². The zero-order chi connectivity index (χ0) is 14.8. The molecule has 0 radical (unpaired) electrons. The third kappa shape index (κ3) is 3.18. The molecule has 4 heteroatoms. The van der Waals surface area contributed by atoms with Crippen LogP contribution in [0.25, 0.3) is 0 Å². The number of nitrogens with zero attached hydrogens (tertiary/aromatic N) is 1. The fourth-order valence-electron chi connectivity index (χ4n) is 2.94. The van der Waals surface area contributed by atoms with E-state index < -0.39 is 0 Å². The van der Waals surface area contributed by atoms with Crippen molar-refractivity contribution in [2.24, 2.45) is 5.73 Å². The Morgan fingerprint density at radius 3 is 2.71 bits per heavy atom. The minimum Gasteiger partial charge on any atom is -0.329 e. The quantitative estimate of drug-likeness (QED) is 0.919. The molecule has 0 bridgehead atoms. The summed E-state index contributed by atoms with van der Waals surface area (Å²) in [6.45, 7) is 2.00. The summed E-state index contributed by atoms with van der Waals surface area (Å²) in [6.07, 6.45) is 0.933. The van der Waals surface area contributed by atoms with Crippen LogP contribution in [-0.4, -0.2) is 17.5 Å². The smallest absolute Gasteiger partial charge is 0.127 e. The van der Waals surface area contributed by atoms with Crippen molar-refractivity contribution in [1.82, 2.24) is 4.90 Å². The molecule has 0 fully saturated rings. The Morgan fingerprint density at radius 1 is 1.19 bits per heavy atom. The van der Waals surface area contributed by atoms with E-state index in [1.165, 1.54) is 17.2 Å². The van der Waals surface area contributed by atoms with Gasteiger partial charge in [0.25, 0.3) is 0 Å². The molecule has 1 aliphatic rings. The predicted molar refractivity (Wildman–Crippen MR) is 86.3 cm³/mol. The van der Waals surface area contributed by atoms with Crippen molar-refractivity contribution >= 4 is 15.9 Å². The molecule has 1 aliphatic heterocycles. The highest BCUT2D eigenvalue weighted by Gasteiger charge is 2.25. The first-order chi connectivity index (χ1) is 10.2. The largest absolute Gasteiger partial charge is 0.329 e. The van der Waals surface area contributed by atoms with E-state index >= 15 is 0 Å². The molecular formula is C17H18BrFN2. The van der Waals surface area contributed by atoms with Crippen LogP contribution in [0.4, 0.5) is 4.39 Å². The van der Waals surface area contributed by atoms with Gasteiger partial charge in [-0.2, -0.15) is 0 Å². The molecule has 0 amide bonds. The van der Waals surface area contributed by atoms with Gasteiger partial charge in [-0.1, -0.05) is 40.2 Å². The lowest BCUT2D eigenvalue weighted by atomic mass is 9.93. The second-order valence-corrected chi connectivity index (χ2v) is 6.42. The Balaban J connectivity index is 1.86. The van der Waals surface area contributed by atoms with E-state index in [1.54, 1.807) is 6.07 Å². The van der Waals surface area contributed by atoms with Crippen LogP contribution in [0, 0.1) is 5.82 Å². The molecule has 110 valence electrons. The summed E-state index contributed by atoms with van der Waals surface area (Å²) >= 11 is 3.41. The first kappa shape index (κ1) is 14.7. The van der Waals surface area contributed by atoms with Crippen molar-refractivity contribution < 1.29 is 4.39 Å². The first-order valence-corrected chi connectivity index (χ1v) is 7.91. The second kappa shape index (κ2) is 6.26. The molecule has 1 heterocycles. The summed E-state index contributed by atoms with van der Waals surface area (Å²) in [7, 11) is 0. The fraction of sp³-hybridized carbons (Fsp3) is 0.294. The van der Waals surface area contributed by atoms with Crippen molar-refractivity contribution in [3.05, 3.63) is 69.4 Å². The monoisotopic (exact) mass is 348 g/mol. The van der Waals surface area contributed by atoms with Gasteiger partial charge in [0.15, 0.2) is 0 Å². The van der Waals surface area contributed by atoms with Crippen molar-refractivity contribution in [2.75, 3.05) is 6.54 Å². The predicted octanol–water partition coefficient (Wildman–Crippen LogP) is 3.47. The summed E-state index contributed by atoms with van der Waals surface area (Å²) in [4.78, 5) is 2.27. The fourth-order valence-corrected chi connectivity index (χ4v) is 3.35. The molecule has 2 N–H and O–H groups in total. The number of hydrogen-bond donors (Lipinski definition) is 1. The van der Waals surface area contributed by atoms with Crippen LogP contribution >= 0.6 is 15.9 Å². The van der Waals surface area contributed by atoms with E-state index in [-0.39, 0.29) is 11.9 Å². The number of hydrogen-bond acceptors (Lipinski definition) is 2. The Bertz CT molecular complexity index is 644. The third-order valence-electron chi connectivity index (χ3n) is 4.12. The van der Waals surface area contributed by atoms with Gasteiger partial charge in [0.05, 0.1) is 0 Å². The summed E-state index contributed by atoms with van der Waals surface area (Å²) < 4.78 is 14.9. The van der Waals surface area contributed by atoms with Crippen LogP contribution in [-0.2, 0) is 19.5 Å². The molecule has 21 heavy (non-hydrogen) atoms. The Hall–Kier alpha value is -1.23. The maximum absolute atomic E-state index is 14.0. The van der Waals surface area contributed by atoms with Crippen molar-refractivity contribution in [1.29, 1.82) is 0 Å². The van der Waals surface area contributed by atoms with Gasteiger partial charge in [-0.3, -0.25) is 4.90 Å². The number of halogens is 2. The van der Waals surface area contributed by atoms with Gasteiger partial charge < -0.3 is 5.73 Å². The van der Waals surface area contributed by atoms with Gasteiger partial charge in [-0.05, 0) is 35.7 Å². The average molecular weight is 349 g/mol. The number of fused-ring (bicyclic) bond motifs is 1. The van der Waals surface area contributed by atoms with E-state index in [0.29, 0.717) is 18.7 Å². The van der Waals surface area contributed by atoms with Gasteiger partial charge in [-0.25, -0.2) is 4.39 Å². The van der Waals surface area contributed by atoms with E-state index in [0.717, 1.165) is 17.4 Å². The van der Waals surface area contributed by atoms with E-state index in [4.69, 9.17) is 5.73 Å². The minimum absolute atomic E-state index is 0.159. The van der Waals surface area contributed by atoms with Gasteiger partial charge >= 0.3 is 0 Å². The highest BCUT2D eigenvalue weighted by atomic mass is 79.9. The van der Waals surface area contributed by atoms with Crippen molar-refractivity contribution in [3.63, 3.8) is 0 Å². The van der Waals surface area contributed by atoms with E-state index in [2.05, 4.69) is 45.1 Å². The van der Waals surface area contributed by atoms with Gasteiger partial charge in [0, 0.05) is 35.7 Å². The van der Waals surface area contributed by atoms with Gasteiger partial charge in [0.2, 0.25) is 0 Å². The maximum Gasteiger partial charge on any atom is 0.127 e. The van der Waals surface area contributed by atoms with Gasteiger partial charge in [-0.15, -0.1) is 0 Å². The van der Waals surface area contributed by atoms with Crippen LogP contribution in [0.15, 0.2) is 46.9 Å². The molecule has 1 atom stereocenters. The highest BCUT2D eigenvalue weighted by molar-refractivity contribution is 9.10. The number of rotatable bonds is 3. The molecule has 0 aliphatic carbocycles. The summed E-state index contributed by atoms with van der Waals surface area (Å²) in [5.41, 5.74) is 9.32. The number of benzene rings is 2. The van der Waals surface area contributed by atoms with Crippen molar-refractivity contribution in [2.45, 2.75) is 25.6 Å². The maximum atomic E-state index is 14.0. The van der Waals surface area contributed by atoms with Crippen LogP contribution in [0.2, 0.25) is 0 Å². The van der Waals surface area contributed by atoms with E-state index in [9.17, 15) is 4.39 Å². The zero-order valence-corrected chi connectivity index (χ0v) is 13.3. The lowest BCUT2D eigenvalue weighted by Gasteiger charge is -2.36. The average Bonchev–Trinajstić information content (AvgIpc) is 2.50. The third-order valence-corrected chi connectivity index (χ3v) is 4.61. The SMILES string of the molecule is NCC1Cc2ccccc2CN1Cc1cc(Br)ccc1F. The van der Waals surface area contributed by atoms with Gasteiger partial charge in [0.1, 0.15) is 5.82 Å². The molecule has 2 aromatic carbocycles. The molecular weight excluding hydrogens is 331 g/mol. The molecule has 0 saturated carbocycles. The van der Waals surface area contributed by atoms with Crippen molar-refractivity contribution in [3.8, 4) is 0 Å². The molecule has 1 unspecified atom stereocenters. The zero-order valence-electron chi connectivity index (χ0n) is 11.7. The molecule has 2 nitrogen and oxygen atoms in total. The molecule has 0 spiro atoms. The lowest BCUT2D eigenvalue weighted by Crippen LogP contribution is -2.44. The highest BCUT2D eigenvalue weighted by Crippen LogP contribution is 2.26. The molecule has 2 aromatic rings. The second-order valence-electron chi connectivity index (χ2n) is 5.50.